The molecule has 0 aliphatic carbocycles. The van der Waals surface area contributed by atoms with Gasteiger partial charge in [0, 0.05) is 26.7 Å². The summed E-state index contributed by atoms with van der Waals surface area (Å²) in [6.45, 7) is 1.51. The van der Waals surface area contributed by atoms with Gasteiger partial charge in [-0.05, 0) is 29.3 Å². The lowest BCUT2D eigenvalue weighted by molar-refractivity contribution is -0.137. The number of methoxy groups -OCH3 is 2. The summed E-state index contributed by atoms with van der Waals surface area (Å²) >= 11 is 0. The summed E-state index contributed by atoms with van der Waals surface area (Å²) in [5.41, 5.74) is 0.833. The minimum Gasteiger partial charge on any atom is -0.497 e. The number of carbonyl (C=O) groups excluding carboxylic acids is 1. The van der Waals surface area contributed by atoms with E-state index in [1.165, 1.54) is 19.4 Å². The van der Waals surface area contributed by atoms with Crippen LogP contribution in [0.25, 0.3) is 0 Å². The van der Waals surface area contributed by atoms with Crippen molar-refractivity contribution in [2.45, 2.75) is 25.8 Å². The van der Waals surface area contributed by atoms with Crippen LogP contribution in [0.3, 0.4) is 0 Å². The molecule has 34 heavy (non-hydrogen) atoms. The van der Waals surface area contributed by atoms with E-state index in [9.17, 15) is 18.0 Å². The zero-order valence-corrected chi connectivity index (χ0v) is 18.9. The van der Waals surface area contributed by atoms with E-state index in [4.69, 9.17) is 13.9 Å². The van der Waals surface area contributed by atoms with Crippen molar-refractivity contribution in [3.8, 4) is 5.75 Å². The van der Waals surface area contributed by atoms with E-state index in [2.05, 4.69) is 10.3 Å². The monoisotopic (exact) mass is 477 g/mol. The molecule has 1 amide bonds. The molecule has 0 unspecified atom stereocenters. The molecule has 1 N–H and O–H groups in total. The molecular formula is C24H26F3N3O4. The molecule has 2 aromatic carbocycles. The molecule has 0 spiro atoms. The van der Waals surface area contributed by atoms with Crippen LogP contribution < -0.4 is 10.1 Å². The summed E-state index contributed by atoms with van der Waals surface area (Å²) in [5.74, 6) is 0.578. The van der Waals surface area contributed by atoms with Gasteiger partial charge in [-0.25, -0.2) is 4.98 Å². The van der Waals surface area contributed by atoms with Gasteiger partial charge in [-0.3, -0.25) is 9.69 Å². The molecule has 0 bridgehead atoms. The van der Waals surface area contributed by atoms with Crippen LogP contribution in [0.1, 0.15) is 33.1 Å². The van der Waals surface area contributed by atoms with Crippen molar-refractivity contribution in [2.75, 3.05) is 27.4 Å². The molecule has 10 heteroatoms. The van der Waals surface area contributed by atoms with E-state index in [1.54, 1.807) is 13.2 Å². The van der Waals surface area contributed by atoms with E-state index in [1.807, 2.05) is 29.2 Å². The van der Waals surface area contributed by atoms with Crippen LogP contribution in [0.2, 0.25) is 0 Å². The molecule has 182 valence electrons. The Morgan fingerprint density at radius 2 is 1.79 bits per heavy atom. The first-order chi connectivity index (χ1) is 16.3. The van der Waals surface area contributed by atoms with Gasteiger partial charge in [-0.15, -0.1) is 0 Å². The first-order valence-corrected chi connectivity index (χ1v) is 10.5. The Labute approximate surface area is 195 Å². The molecule has 1 aromatic heterocycles. The van der Waals surface area contributed by atoms with Crippen LogP contribution >= 0.6 is 0 Å². The number of nitrogens with one attached hydrogen (secondary N) is 1. The largest absolute Gasteiger partial charge is 0.497 e. The third-order valence-electron chi connectivity index (χ3n) is 4.96. The minimum absolute atomic E-state index is 0.120. The highest BCUT2D eigenvalue weighted by molar-refractivity contribution is 5.91. The van der Waals surface area contributed by atoms with E-state index in [0.29, 0.717) is 31.0 Å². The number of aromatic nitrogens is 1. The first-order valence-electron chi connectivity index (χ1n) is 10.5. The van der Waals surface area contributed by atoms with Crippen LogP contribution in [-0.2, 0) is 30.5 Å². The number of hydrogen-bond acceptors (Lipinski definition) is 6. The highest BCUT2D eigenvalue weighted by Crippen LogP contribution is 2.30. The Hall–Kier alpha value is -3.37. The van der Waals surface area contributed by atoms with E-state index < -0.39 is 17.6 Å². The lowest BCUT2D eigenvalue weighted by Gasteiger charge is -2.22. The molecule has 0 saturated carbocycles. The highest BCUT2D eigenvalue weighted by Gasteiger charge is 2.30. The zero-order valence-electron chi connectivity index (χ0n) is 18.9. The lowest BCUT2D eigenvalue weighted by Crippen LogP contribution is -2.27. The van der Waals surface area contributed by atoms with Crippen molar-refractivity contribution in [3.05, 3.63) is 83.1 Å². The van der Waals surface area contributed by atoms with Crippen molar-refractivity contribution in [1.29, 1.82) is 0 Å². The molecule has 0 fully saturated rings. The van der Waals surface area contributed by atoms with Crippen LogP contribution in [0, 0.1) is 0 Å². The van der Waals surface area contributed by atoms with Gasteiger partial charge in [0.2, 0.25) is 5.89 Å². The van der Waals surface area contributed by atoms with Crippen LogP contribution in [-0.4, -0.2) is 43.2 Å². The summed E-state index contributed by atoms with van der Waals surface area (Å²) in [5, 5.41) is 2.66. The molecule has 7 nitrogen and oxygen atoms in total. The summed E-state index contributed by atoms with van der Waals surface area (Å²) in [6, 6.07) is 12.6. The first kappa shape index (κ1) is 25.3. The fourth-order valence-corrected chi connectivity index (χ4v) is 3.30. The number of oxazole rings is 1. The second kappa shape index (κ2) is 11.7. The SMILES string of the molecule is COCCNC(=O)c1coc(CN(Cc2ccc(OC)cc2)Cc2cccc(C(F)(F)F)c2)n1. The van der Waals surface area contributed by atoms with E-state index >= 15 is 0 Å². The van der Waals surface area contributed by atoms with Crippen LogP contribution in [0.15, 0.2) is 59.2 Å². The third-order valence-corrected chi connectivity index (χ3v) is 4.96. The Morgan fingerprint density at radius 1 is 1.06 bits per heavy atom. The molecule has 3 aromatic rings. The summed E-state index contributed by atoms with van der Waals surface area (Å²) in [4.78, 5) is 18.3. The van der Waals surface area contributed by atoms with Crippen molar-refractivity contribution in [3.63, 3.8) is 0 Å². The van der Waals surface area contributed by atoms with Gasteiger partial charge in [0.15, 0.2) is 5.69 Å². The van der Waals surface area contributed by atoms with Gasteiger partial charge < -0.3 is 19.2 Å². The maximum Gasteiger partial charge on any atom is 0.416 e. The predicted octanol–water partition coefficient (Wildman–Crippen LogP) is 4.28. The predicted molar refractivity (Wildman–Crippen MR) is 118 cm³/mol. The molecule has 0 atom stereocenters. The molecular weight excluding hydrogens is 451 g/mol. The number of nitrogens with zero attached hydrogens (tertiary/aromatic N) is 2. The molecule has 0 aliphatic rings. The normalized spacial score (nSPS) is 11.6. The number of alkyl halides is 3. The lowest BCUT2D eigenvalue weighted by atomic mass is 10.1. The number of rotatable bonds is 11. The maximum atomic E-state index is 13.2. The Balaban J connectivity index is 1.77. The third kappa shape index (κ3) is 7.32. The van der Waals surface area contributed by atoms with E-state index in [-0.39, 0.29) is 24.7 Å². The van der Waals surface area contributed by atoms with Crippen molar-refractivity contribution in [2.24, 2.45) is 0 Å². The van der Waals surface area contributed by atoms with E-state index in [0.717, 1.165) is 17.7 Å². The highest BCUT2D eigenvalue weighted by atomic mass is 19.4. The molecule has 0 aliphatic heterocycles. The average Bonchev–Trinajstić information content (AvgIpc) is 3.28. The summed E-state index contributed by atoms with van der Waals surface area (Å²) in [7, 11) is 3.10. The maximum absolute atomic E-state index is 13.2. The molecule has 3 rings (SSSR count). The van der Waals surface area contributed by atoms with Crippen LogP contribution in [0.5, 0.6) is 5.75 Å². The van der Waals surface area contributed by atoms with Gasteiger partial charge in [-0.2, -0.15) is 13.2 Å². The second-order valence-electron chi connectivity index (χ2n) is 7.57. The van der Waals surface area contributed by atoms with Crippen LogP contribution in [0.4, 0.5) is 13.2 Å². The Bertz CT molecular complexity index is 1070. The number of benzene rings is 2. The smallest absolute Gasteiger partial charge is 0.416 e. The van der Waals surface area contributed by atoms with Crippen molar-refractivity contribution in [1.82, 2.24) is 15.2 Å². The average molecular weight is 477 g/mol. The molecule has 0 saturated heterocycles. The van der Waals surface area contributed by atoms with Gasteiger partial charge in [0.1, 0.15) is 12.0 Å². The van der Waals surface area contributed by atoms with Gasteiger partial charge in [-0.1, -0.05) is 30.3 Å². The minimum atomic E-state index is -4.43. The van der Waals surface area contributed by atoms with Gasteiger partial charge in [0.05, 0.1) is 25.8 Å². The Morgan fingerprint density at radius 3 is 2.47 bits per heavy atom. The molecule has 1 heterocycles. The quantitative estimate of drug-likeness (QED) is 0.416. The summed E-state index contributed by atoms with van der Waals surface area (Å²) < 4.78 is 55.0. The van der Waals surface area contributed by atoms with Gasteiger partial charge >= 0.3 is 6.18 Å². The number of ether oxygens (including phenoxy) is 2. The number of amides is 1. The standard InChI is InChI=1S/C24H26F3N3O4/c1-32-11-10-28-23(31)21-16-34-22(29-21)15-30(13-17-6-8-20(33-2)9-7-17)14-18-4-3-5-19(12-18)24(25,26)27/h3-9,12,16H,10-11,13-15H2,1-2H3,(H,28,31). The zero-order chi connectivity index (χ0) is 24.6. The topological polar surface area (TPSA) is 76.8 Å². The van der Waals surface area contributed by atoms with Gasteiger partial charge in [0.25, 0.3) is 5.91 Å². The van der Waals surface area contributed by atoms with Crippen molar-refractivity contribution >= 4 is 5.91 Å². The molecule has 0 radical (unpaired) electrons. The number of halogens is 3. The number of carbonyl (C=O) groups is 1. The fourth-order valence-electron chi connectivity index (χ4n) is 3.30. The second-order valence-corrected chi connectivity index (χ2v) is 7.57. The summed E-state index contributed by atoms with van der Waals surface area (Å²) in [6.07, 6.45) is -3.17. The fraction of sp³-hybridized carbons (Fsp3) is 0.333. The van der Waals surface area contributed by atoms with Crippen molar-refractivity contribution < 1.29 is 31.9 Å². The number of hydrogen-bond donors (Lipinski definition) is 1. The Kier molecular flexibility index (Phi) is 8.67.